The molecule has 2 aliphatic heterocycles. The summed E-state index contributed by atoms with van der Waals surface area (Å²) in [5, 5.41) is 10.7. The zero-order chi connectivity index (χ0) is 35.2. The van der Waals surface area contributed by atoms with Crippen molar-refractivity contribution >= 4 is 88.3 Å². The first-order chi connectivity index (χ1) is 26.7. The fraction of sp³-hybridized carbons (Fsp3) is 0.0196. The highest BCUT2D eigenvalue weighted by atomic mass is 15.0. The number of aryl methyl sites for hydroxylation is 1. The van der Waals surface area contributed by atoms with E-state index in [1.807, 2.05) is 0 Å². The second-order valence-corrected chi connectivity index (χ2v) is 15.3. The predicted octanol–water partition coefficient (Wildman–Crippen LogP) is 11.0. The Kier molecular flexibility index (Phi) is 5.42. The largest absolute Gasteiger partial charge is 0.309 e. The maximum Gasteiger partial charge on any atom is 0.244 e. The molecule has 2 aromatic heterocycles. The Hall–Kier alpha value is -6.84. The molecule has 0 spiro atoms. The highest BCUT2D eigenvalue weighted by Crippen LogP contribution is 2.47. The van der Waals surface area contributed by atoms with E-state index in [1.165, 1.54) is 121 Å². The van der Waals surface area contributed by atoms with Crippen molar-refractivity contribution in [1.82, 2.24) is 9.13 Å². The highest BCUT2D eigenvalue weighted by Gasteiger charge is 2.39. The lowest BCUT2D eigenvalue weighted by Crippen LogP contribution is -2.57. The molecule has 0 saturated heterocycles. The zero-order valence-electron chi connectivity index (χ0n) is 29.6. The summed E-state index contributed by atoms with van der Waals surface area (Å²) in [6, 6.07) is 63.7. The Morgan fingerprint density at radius 1 is 0.352 bits per heavy atom. The molecule has 4 heterocycles. The molecule has 9 aromatic carbocycles. The fourth-order valence-electron chi connectivity index (χ4n) is 10.6. The van der Waals surface area contributed by atoms with Gasteiger partial charge in [-0.2, -0.15) is 0 Å². The molecule has 0 unspecified atom stereocenters. The van der Waals surface area contributed by atoms with Gasteiger partial charge in [0.05, 0.1) is 22.1 Å². The van der Waals surface area contributed by atoms with Crippen LogP contribution in [0.3, 0.4) is 0 Å². The number of nitrogens with zero attached hydrogens (tertiary/aromatic N) is 2. The van der Waals surface area contributed by atoms with E-state index in [9.17, 15) is 0 Å². The third kappa shape index (κ3) is 3.48. The molecule has 0 amide bonds. The monoisotopic (exact) mass is 682 g/mol. The van der Waals surface area contributed by atoms with Crippen molar-refractivity contribution in [3.63, 3.8) is 0 Å². The van der Waals surface area contributed by atoms with Crippen LogP contribution in [0.4, 0.5) is 0 Å². The number of fused-ring (bicyclic) bond motifs is 12. The maximum atomic E-state index is 2.51. The minimum absolute atomic E-state index is 0.128. The third-order valence-corrected chi connectivity index (χ3v) is 12.5. The number of rotatable bonds is 2. The smallest absolute Gasteiger partial charge is 0.244 e. The summed E-state index contributed by atoms with van der Waals surface area (Å²) in [5.41, 5.74) is 18.3. The topological polar surface area (TPSA) is 9.86 Å². The van der Waals surface area contributed by atoms with E-state index in [0.29, 0.717) is 0 Å². The van der Waals surface area contributed by atoms with Gasteiger partial charge in [0.25, 0.3) is 0 Å². The van der Waals surface area contributed by atoms with Crippen LogP contribution in [0.15, 0.2) is 170 Å². The van der Waals surface area contributed by atoms with Gasteiger partial charge < -0.3 is 9.13 Å². The van der Waals surface area contributed by atoms with Crippen LogP contribution in [0, 0.1) is 6.92 Å². The molecule has 0 atom stereocenters. The Bertz CT molecular complexity index is 3220. The van der Waals surface area contributed by atoms with Gasteiger partial charge in [0, 0.05) is 32.9 Å². The van der Waals surface area contributed by atoms with E-state index >= 15 is 0 Å². The van der Waals surface area contributed by atoms with Gasteiger partial charge in [-0.15, -0.1) is 0 Å². The molecule has 11 aromatic rings. The highest BCUT2D eigenvalue weighted by molar-refractivity contribution is 7.01. The van der Waals surface area contributed by atoms with E-state index in [-0.39, 0.29) is 6.71 Å². The van der Waals surface area contributed by atoms with Crippen molar-refractivity contribution in [3.05, 3.63) is 175 Å². The van der Waals surface area contributed by atoms with E-state index in [4.69, 9.17) is 0 Å². The number of benzene rings is 9. The zero-order valence-corrected chi connectivity index (χ0v) is 29.6. The summed E-state index contributed by atoms with van der Waals surface area (Å²) < 4.78 is 4.94. The first-order valence-corrected chi connectivity index (χ1v) is 19.0. The second-order valence-electron chi connectivity index (χ2n) is 15.3. The van der Waals surface area contributed by atoms with Gasteiger partial charge in [0.1, 0.15) is 0 Å². The van der Waals surface area contributed by atoms with Crippen molar-refractivity contribution in [1.29, 1.82) is 0 Å². The number of hydrogen-bond donors (Lipinski definition) is 0. The lowest BCUT2D eigenvalue weighted by atomic mass is 9.31. The first-order valence-electron chi connectivity index (χ1n) is 19.0. The van der Waals surface area contributed by atoms with E-state index < -0.39 is 0 Å². The van der Waals surface area contributed by atoms with Gasteiger partial charge in [-0.05, 0) is 105 Å². The summed E-state index contributed by atoms with van der Waals surface area (Å²) >= 11 is 0. The Labute approximate surface area is 312 Å². The Morgan fingerprint density at radius 3 is 1.26 bits per heavy atom. The van der Waals surface area contributed by atoms with Gasteiger partial charge in [0.15, 0.2) is 0 Å². The van der Waals surface area contributed by atoms with Crippen LogP contribution in [-0.4, -0.2) is 15.8 Å². The Morgan fingerprint density at radius 2 is 0.778 bits per heavy atom. The molecule has 0 saturated carbocycles. The molecule has 13 rings (SSSR count). The van der Waals surface area contributed by atoms with Crippen LogP contribution < -0.4 is 16.4 Å². The number of hydrogen-bond acceptors (Lipinski definition) is 0. The fourth-order valence-corrected chi connectivity index (χ4v) is 10.6. The molecule has 0 fully saturated rings. The van der Waals surface area contributed by atoms with Crippen molar-refractivity contribution in [3.8, 4) is 33.6 Å². The quantitative estimate of drug-likeness (QED) is 0.161. The summed E-state index contributed by atoms with van der Waals surface area (Å²) in [4.78, 5) is 0. The lowest BCUT2D eigenvalue weighted by Gasteiger charge is -2.34. The molecule has 54 heavy (non-hydrogen) atoms. The summed E-state index contributed by atoms with van der Waals surface area (Å²) in [6.07, 6.45) is 0. The summed E-state index contributed by atoms with van der Waals surface area (Å²) in [6.45, 7) is 2.41. The normalized spacial score (nSPS) is 12.9. The SMILES string of the molecule is Cc1cc2c3c(c1)-c1cc4c(c5cccc(c15)B3c1cccc3c1c-2cc1c3c2ccccc2n1-c1ccccc1)c1ccccc1n4-c1ccccc1. The average Bonchev–Trinajstić information content (AvgIpc) is 3.74. The summed E-state index contributed by atoms with van der Waals surface area (Å²) in [5.74, 6) is 0. The average molecular weight is 683 g/mol. The Balaban J connectivity index is 1.21. The van der Waals surface area contributed by atoms with Crippen molar-refractivity contribution in [2.45, 2.75) is 6.92 Å². The van der Waals surface area contributed by atoms with Crippen LogP contribution in [0.1, 0.15) is 5.56 Å². The van der Waals surface area contributed by atoms with Crippen LogP contribution in [0.2, 0.25) is 0 Å². The van der Waals surface area contributed by atoms with Crippen molar-refractivity contribution in [2.75, 3.05) is 0 Å². The molecule has 3 heteroatoms. The minimum Gasteiger partial charge on any atom is -0.309 e. The summed E-state index contributed by atoms with van der Waals surface area (Å²) in [7, 11) is 0. The van der Waals surface area contributed by atoms with Gasteiger partial charge in [-0.1, -0.05) is 138 Å². The predicted molar refractivity (Wildman–Crippen MR) is 230 cm³/mol. The van der Waals surface area contributed by atoms with Gasteiger partial charge in [-0.3, -0.25) is 0 Å². The lowest BCUT2D eigenvalue weighted by molar-refractivity contribution is 1.18. The molecule has 0 bridgehead atoms. The van der Waals surface area contributed by atoms with Crippen molar-refractivity contribution < 1.29 is 0 Å². The maximum absolute atomic E-state index is 2.51. The van der Waals surface area contributed by atoms with Gasteiger partial charge >= 0.3 is 0 Å². The standard InChI is InChI=1S/C51H31BN2/c1-30-26-39-37-28-45-49(33-18-8-10-24-43(33)53(45)31-14-4-2-5-15-31)35-20-12-22-41(47(35)37)52-42-23-13-21-36-48(42)38(40(27-30)51(39)52)29-46-50(36)34-19-9-11-25-44(34)54(46)32-16-6-3-7-17-32/h2-29H,1H3. The molecule has 2 aliphatic rings. The minimum atomic E-state index is 0.128. The molecular formula is C51H31BN2. The van der Waals surface area contributed by atoms with E-state index in [2.05, 4.69) is 186 Å². The van der Waals surface area contributed by atoms with Crippen LogP contribution in [0.5, 0.6) is 0 Å². The molecular weight excluding hydrogens is 651 g/mol. The number of aromatic nitrogens is 2. The van der Waals surface area contributed by atoms with E-state index in [0.717, 1.165) is 0 Å². The van der Waals surface area contributed by atoms with E-state index in [1.54, 1.807) is 0 Å². The first kappa shape index (κ1) is 28.7. The van der Waals surface area contributed by atoms with Gasteiger partial charge in [0.2, 0.25) is 6.71 Å². The second kappa shape index (κ2) is 10.2. The molecule has 0 aliphatic carbocycles. The molecule has 248 valence electrons. The van der Waals surface area contributed by atoms with Crippen LogP contribution >= 0.6 is 0 Å². The van der Waals surface area contributed by atoms with Crippen molar-refractivity contribution in [2.24, 2.45) is 0 Å². The van der Waals surface area contributed by atoms with Gasteiger partial charge in [-0.25, -0.2) is 0 Å². The third-order valence-electron chi connectivity index (χ3n) is 12.5. The van der Waals surface area contributed by atoms with Crippen LogP contribution in [0.25, 0.3) is 98.8 Å². The molecule has 2 nitrogen and oxygen atoms in total. The number of para-hydroxylation sites is 4. The molecule has 0 N–H and O–H groups in total. The molecule has 0 radical (unpaired) electrons. The van der Waals surface area contributed by atoms with Crippen LogP contribution in [-0.2, 0) is 0 Å².